The summed E-state index contributed by atoms with van der Waals surface area (Å²) < 4.78 is 10.2. The van der Waals surface area contributed by atoms with Crippen molar-refractivity contribution in [3.05, 3.63) is 54.1 Å². The van der Waals surface area contributed by atoms with Crippen LogP contribution in [-0.4, -0.2) is 54.1 Å². The van der Waals surface area contributed by atoms with Gasteiger partial charge in [0.2, 0.25) is 0 Å². The van der Waals surface area contributed by atoms with Gasteiger partial charge in [0.25, 0.3) is 0 Å². The number of nitrogens with zero attached hydrogens (tertiary/aromatic N) is 7. The number of rotatable bonds is 5. The van der Waals surface area contributed by atoms with Crippen molar-refractivity contribution < 1.29 is 4.74 Å². The monoisotopic (exact) mass is 473 g/mol. The quantitative estimate of drug-likeness (QED) is 0.416. The predicted octanol–water partition coefficient (Wildman–Crippen LogP) is 4.76. The van der Waals surface area contributed by atoms with Crippen LogP contribution in [0.15, 0.2) is 43.4 Å². The summed E-state index contributed by atoms with van der Waals surface area (Å²) in [5, 5.41) is 10.1. The van der Waals surface area contributed by atoms with Gasteiger partial charge >= 0.3 is 0 Å². The summed E-state index contributed by atoms with van der Waals surface area (Å²) in [6, 6.07) is 6.99. The third kappa shape index (κ3) is 3.51. The lowest BCUT2D eigenvalue weighted by atomic mass is 10.0. The van der Waals surface area contributed by atoms with Crippen LogP contribution in [0.25, 0.3) is 33.2 Å². The molecule has 0 saturated carbocycles. The molecule has 174 valence electrons. The van der Waals surface area contributed by atoms with Crippen LogP contribution in [0.1, 0.15) is 36.6 Å². The molecule has 0 radical (unpaired) electrons. The third-order valence-electron chi connectivity index (χ3n) is 6.40. The minimum atomic E-state index is 0.221. The van der Waals surface area contributed by atoms with Crippen LogP contribution in [0.3, 0.4) is 0 Å². The fraction of sp³-hybridized carbons (Fsp3) is 0.360. The Morgan fingerprint density at radius 2 is 2.06 bits per heavy atom. The highest BCUT2D eigenvalue weighted by molar-refractivity contribution is 7.15. The predicted molar refractivity (Wildman–Crippen MR) is 133 cm³/mol. The van der Waals surface area contributed by atoms with Crippen LogP contribution < -0.4 is 4.74 Å². The van der Waals surface area contributed by atoms with Crippen molar-refractivity contribution in [3.63, 3.8) is 0 Å². The molecule has 8 nitrogen and oxygen atoms in total. The second-order valence-corrected chi connectivity index (χ2v) is 10.2. The number of hydrogen-bond acceptors (Lipinski definition) is 7. The molecule has 1 fully saturated rings. The average molecular weight is 474 g/mol. The second-order valence-electron chi connectivity index (χ2n) is 9.12. The summed E-state index contributed by atoms with van der Waals surface area (Å²) in [4.78, 5) is 13.1. The molecule has 6 rings (SSSR count). The van der Waals surface area contributed by atoms with Crippen molar-refractivity contribution in [3.8, 4) is 39.0 Å². The van der Waals surface area contributed by atoms with Crippen LogP contribution in [0.4, 0.5) is 0 Å². The number of thiazole rings is 1. The zero-order valence-electron chi connectivity index (χ0n) is 19.6. The summed E-state index contributed by atoms with van der Waals surface area (Å²) in [6.07, 6.45) is 6.77. The van der Waals surface area contributed by atoms with E-state index >= 15 is 0 Å². The minimum absolute atomic E-state index is 0.221. The SMILES string of the molecule is C=CN1CC(n2cc(-c3ccc4c(c3)OCCc3sc(-c5nc(C)nn5C(C)C)nc3-4)cn2)C1. The van der Waals surface area contributed by atoms with Gasteiger partial charge in [-0.2, -0.15) is 10.2 Å². The highest BCUT2D eigenvalue weighted by Gasteiger charge is 2.27. The van der Waals surface area contributed by atoms with Crippen molar-refractivity contribution in [1.29, 1.82) is 0 Å². The molecule has 1 aromatic carbocycles. The Kier molecular flexibility index (Phi) is 5.02. The summed E-state index contributed by atoms with van der Waals surface area (Å²) in [5.74, 6) is 2.47. The maximum absolute atomic E-state index is 6.17. The molecule has 2 aliphatic rings. The van der Waals surface area contributed by atoms with E-state index in [4.69, 9.17) is 9.72 Å². The molecule has 0 amide bonds. The van der Waals surface area contributed by atoms with Crippen molar-refractivity contribution in [2.24, 2.45) is 0 Å². The van der Waals surface area contributed by atoms with Crippen molar-refractivity contribution in [2.75, 3.05) is 19.7 Å². The van der Waals surface area contributed by atoms with Gasteiger partial charge in [-0.3, -0.25) is 4.68 Å². The molecule has 0 aliphatic carbocycles. The molecule has 9 heteroatoms. The Labute approximate surface area is 202 Å². The fourth-order valence-corrected chi connectivity index (χ4v) is 5.56. The van der Waals surface area contributed by atoms with Gasteiger partial charge in [0.05, 0.1) is 24.5 Å². The lowest BCUT2D eigenvalue weighted by Gasteiger charge is -2.38. The molecule has 0 spiro atoms. The number of ether oxygens (including phenoxy) is 1. The van der Waals surface area contributed by atoms with Gasteiger partial charge in [0.1, 0.15) is 11.6 Å². The molecule has 2 aliphatic heterocycles. The van der Waals surface area contributed by atoms with E-state index < -0.39 is 0 Å². The zero-order valence-corrected chi connectivity index (χ0v) is 20.4. The Bertz CT molecular complexity index is 1380. The first-order chi connectivity index (χ1) is 16.5. The lowest BCUT2D eigenvalue weighted by Crippen LogP contribution is -2.44. The molecule has 3 aromatic heterocycles. The Morgan fingerprint density at radius 1 is 1.21 bits per heavy atom. The topological polar surface area (TPSA) is 73.9 Å². The van der Waals surface area contributed by atoms with E-state index in [9.17, 15) is 0 Å². The summed E-state index contributed by atoms with van der Waals surface area (Å²) in [6.45, 7) is 12.5. The van der Waals surface area contributed by atoms with E-state index in [1.54, 1.807) is 11.3 Å². The average Bonchev–Trinajstić information content (AvgIpc) is 3.50. The van der Waals surface area contributed by atoms with E-state index in [0.29, 0.717) is 12.6 Å². The largest absolute Gasteiger partial charge is 0.492 e. The van der Waals surface area contributed by atoms with E-state index in [0.717, 1.165) is 64.3 Å². The van der Waals surface area contributed by atoms with E-state index in [1.807, 2.05) is 24.0 Å². The molecule has 0 bridgehead atoms. The van der Waals surface area contributed by atoms with Crippen LogP contribution in [0.5, 0.6) is 5.75 Å². The second kappa shape index (κ2) is 8.09. The smallest absolute Gasteiger partial charge is 0.187 e. The van der Waals surface area contributed by atoms with E-state index in [-0.39, 0.29) is 6.04 Å². The van der Waals surface area contributed by atoms with Crippen molar-refractivity contribution in [2.45, 2.75) is 39.3 Å². The molecule has 5 heterocycles. The maximum Gasteiger partial charge on any atom is 0.187 e. The van der Waals surface area contributed by atoms with Crippen molar-refractivity contribution in [1.82, 2.24) is 34.4 Å². The Hall–Kier alpha value is -3.46. The number of aryl methyl sites for hydroxylation is 1. The first-order valence-corrected chi connectivity index (χ1v) is 12.4. The van der Waals surface area contributed by atoms with Crippen LogP contribution in [0.2, 0.25) is 0 Å². The van der Waals surface area contributed by atoms with E-state index in [2.05, 4.69) is 69.6 Å². The lowest BCUT2D eigenvalue weighted by molar-refractivity contribution is 0.155. The first kappa shape index (κ1) is 21.1. The molecular weight excluding hydrogens is 446 g/mol. The Balaban J connectivity index is 1.33. The summed E-state index contributed by atoms with van der Waals surface area (Å²) in [7, 11) is 0. The summed E-state index contributed by atoms with van der Waals surface area (Å²) in [5.41, 5.74) is 4.20. The first-order valence-electron chi connectivity index (χ1n) is 11.6. The molecule has 0 N–H and O–H groups in total. The van der Waals surface area contributed by atoms with Gasteiger partial charge < -0.3 is 9.64 Å². The molecule has 0 atom stereocenters. The van der Waals surface area contributed by atoms with Gasteiger partial charge in [-0.25, -0.2) is 14.6 Å². The molecule has 0 unspecified atom stereocenters. The number of fused-ring (bicyclic) bond motifs is 3. The van der Waals surface area contributed by atoms with Gasteiger partial charge in [-0.05, 0) is 44.7 Å². The third-order valence-corrected chi connectivity index (χ3v) is 7.51. The molecule has 1 saturated heterocycles. The minimum Gasteiger partial charge on any atom is -0.492 e. The van der Waals surface area contributed by atoms with Gasteiger partial charge in [0.15, 0.2) is 10.8 Å². The maximum atomic E-state index is 6.17. The number of hydrogen-bond donors (Lipinski definition) is 0. The van der Waals surface area contributed by atoms with E-state index in [1.165, 1.54) is 4.88 Å². The van der Waals surface area contributed by atoms with Crippen LogP contribution >= 0.6 is 11.3 Å². The highest BCUT2D eigenvalue weighted by Crippen LogP contribution is 2.42. The van der Waals surface area contributed by atoms with Gasteiger partial charge in [-0.1, -0.05) is 12.6 Å². The van der Waals surface area contributed by atoms with Gasteiger partial charge in [-0.15, -0.1) is 11.3 Å². The standard InChI is InChI=1S/C25H27N7OS/c1-5-30-13-19(14-30)31-12-18(11-26-31)17-6-7-20-21(10-17)33-9-8-22-23(20)28-25(34-22)24-27-16(4)29-32(24)15(2)3/h5-7,10-12,15,19H,1,8-9,13-14H2,2-4H3. The zero-order chi connectivity index (χ0) is 23.4. The Morgan fingerprint density at radius 3 is 2.85 bits per heavy atom. The molecule has 34 heavy (non-hydrogen) atoms. The molecular formula is C25H27N7OS. The van der Waals surface area contributed by atoms with Crippen LogP contribution in [0, 0.1) is 6.92 Å². The van der Waals surface area contributed by atoms with Gasteiger partial charge in [0, 0.05) is 47.8 Å². The summed E-state index contributed by atoms with van der Waals surface area (Å²) >= 11 is 1.69. The fourth-order valence-electron chi connectivity index (χ4n) is 4.52. The number of benzene rings is 1. The van der Waals surface area contributed by atoms with Crippen LogP contribution in [-0.2, 0) is 6.42 Å². The number of likely N-dealkylation sites (tertiary alicyclic amines) is 1. The van der Waals surface area contributed by atoms with Crippen molar-refractivity contribution >= 4 is 11.3 Å². The normalized spacial score (nSPS) is 15.5. The number of aromatic nitrogens is 6. The highest BCUT2D eigenvalue weighted by atomic mass is 32.1. The molecule has 4 aromatic rings.